The fourth-order valence-corrected chi connectivity index (χ4v) is 3.89. The number of hydrogen-bond acceptors (Lipinski definition) is 4. The lowest BCUT2D eigenvalue weighted by atomic mass is 10.1. The summed E-state index contributed by atoms with van der Waals surface area (Å²) in [5, 5.41) is 2.99. The molecule has 0 bridgehead atoms. The van der Waals surface area contributed by atoms with Crippen molar-refractivity contribution in [1.82, 2.24) is 5.32 Å². The van der Waals surface area contributed by atoms with Crippen LogP contribution in [0, 0.1) is 0 Å². The van der Waals surface area contributed by atoms with Crippen LogP contribution in [0.15, 0.2) is 23.1 Å². The number of nitrogens with one attached hydrogen (secondary N) is 1. The summed E-state index contributed by atoms with van der Waals surface area (Å²) in [6, 6.07) is 6.02. The van der Waals surface area contributed by atoms with Gasteiger partial charge in [-0.3, -0.25) is 4.79 Å². The van der Waals surface area contributed by atoms with E-state index in [1.807, 2.05) is 23.9 Å². The Kier molecular flexibility index (Phi) is 4.70. The van der Waals surface area contributed by atoms with Crippen molar-refractivity contribution < 1.29 is 9.53 Å². The molecule has 1 fully saturated rings. The Labute approximate surface area is 130 Å². The van der Waals surface area contributed by atoms with Crippen LogP contribution < -0.4 is 10.2 Å². The Morgan fingerprint density at radius 1 is 1.52 bits per heavy atom. The van der Waals surface area contributed by atoms with E-state index in [0.717, 1.165) is 43.9 Å². The van der Waals surface area contributed by atoms with Crippen LogP contribution in [0.4, 0.5) is 5.69 Å². The maximum absolute atomic E-state index is 12.3. The van der Waals surface area contributed by atoms with E-state index in [0.29, 0.717) is 6.54 Å². The Morgan fingerprint density at radius 2 is 2.43 bits per heavy atom. The number of amides is 1. The summed E-state index contributed by atoms with van der Waals surface area (Å²) in [4.78, 5) is 15.9. The highest BCUT2D eigenvalue weighted by atomic mass is 32.2. The number of fused-ring (bicyclic) bond motifs is 1. The molecule has 5 heteroatoms. The molecule has 21 heavy (non-hydrogen) atoms. The van der Waals surface area contributed by atoms with Crippen molar-refractivity contribution >= 4 is 23.4 Å². The molecule has 0 spiro atoms. The van der Waals surface area contributed by atoms with E-state index in [9.17, 15) is 4.79 Å². The predicted octanol–water partition coefficient (Wildman–Crippen LogP) is 2.53. The van der Waals surface area contributed by atoms with Crippen LogP contribution in [0.5, 0.6) is 0 Å². The Hall–Kier alpha value is -1.20. The minimum atomic E-state index is -0.0000680. The van der Waals surface area contributed by atoms with Crippen LogP contribution in [-0.4, -0.2) is 44.0 Å². The van der Waals surface area contributed by atoms with Gasteiger partial charge in [-0.25, -0.2) is 0 Å². The molecule has 1 atom stereocenters. The third-order valence-electron chi connectivity index (χ3n) is 4.08. The number of carbonyl (C=O) groups excluding carboxylic acids is 1. The van der Waals surface area contributed by atoms with Crippen molar-refractivity contribution in [2.45, 2.75) is 30.8 Å². The number of rotatable bonds is 4. The molecule has 2 aliphatic rings. The second-order valence-corrected chi connectivity index (χ2v) is 6.59. The van der Waals surface area contributed by atoms with Gasteiger partial charge < -0.3 is 15.0 Å². The van der Waals surface area contributed by atoms with Crippen molar-refractivity contribution in [3.8, 4) is 0 Å². The largest absolute Gasteiger partial charge is 0.376 e. The van der Waals surface area contributed by atoms with E-state index in [-0.39, 0.29) is 12.0 Å². The lowest BCUT2D eigenvalue weighted by molar-refractivity contribution is 0.0858. The zero-order valence-electron chi connectivity index (χ0n) is 12.4. The number of hydrogen-bond donors (Lipinski definition) is 1. The topological polar surface area (TPSA) is 41.6 Å². The molecule has 114 valence electrons. The van der Waals surface area contributed by atoms with Gasteiger partial charge in [0.1, 0.15) is 0 Å². The Bertz CT molecular complexity index is 515. The minimum Gasteiger partial charge on any atom is -0.376 e. The lowest BCUT2D eigenvalue weighted by Crippen LogP contribution is -2.32. The first-order chi connectivity index (χ1) is 10.3. The third kappa shape index (κ3) is 3.35. The van der Waals surface area contributed by atoms with Crippen molar-refractivity contribution in [2.75, 3.05) is 36.9 Å². The molecular weight excluding hydrogens is 284 g/mol. The van der Waals surface area contributed by atoms with E-state index in [1.54, 1.807) is 0 Å². The van der Waals surface area contributed by atoms with Gasteiger partial charge in [0, 0.05) is 42.5 Å². The SMILES string of the molecule is CCN1CCSc2ccc(C(=O)NCC3CCCO3)cc21. The number of ether oxygens (including phenoxy) is 1. The number of carbonyl (C=O) groups is 1. The first kappa shape index (κ1) is 14.7. The maximum Gasteiger partial charge on any atom is 0.251 e. The maximum atomic E-state index is 12.3. The minimum absolute atomic E-state index is 0.0000680. The summed E-state index contributed by atoms with van der Waals surface area (Å²) in [5.41, 5.74) is 1.94. The standard InChI is InChI=1S/C16H22N2O2S/c1-2-18-7-9-21-15-6-5-12(10-14(15)18)16(19)17-11-13-4-3-8-20-13/h5-6,10,13H,2-4,7-9,11H2,1H3,(H,17,19). The summed E-state index contributed by atoms with van der Waals surface area (Å²) >= 11 is 1.87. The highest BCUT2D eigenvalue weighted by Gasteiger charge is 2.20. The number of anilines is 1. The fraction of sp³-hybridized carbons (Fsp3) is 0.562. The normalized spacial score (nSPS) is 21.2. The van der Waals surface area contributed by atoms with Crippen LogP contribution in [0.1, 0.15) is 30.1 Å². The molecule has 1 N–H and O–H groups in total. The zero-order chi connectivity index (χ0) is 14.7. The van der Waals surface area contributed by atoms with Crippen LogP contribution >= 0.6 is 11.8 Å². The van der Waals surface area contributed by atoms with E-state index in [2.05, 4.69) is 23.2 Å². The van der Waals surface area contributed by atoms with Gasteiger partial charge in [-0.05, 0) is 38.0 Å². The molecule has 4 nitrogen and oxygen atoms in total. The molecule has 0 radical (unpaired) electrons. The Balaban J connectivity index is 1.68. The second-order valence-electron chi connectivity index (χ2n) is 5.46. The predicted molar refractivity (Wildman–Crippen MR) is 86.4 cm³/mol. The van der Waals surface area contributed by atoms with Crippen LogP contribution in [0.2, 0.25) is 0 Å². The summed E-state index contributed by atoms with van der Waals surface area (Å²) in [6.07, 6.45) is 2.33. The van der Waals surface area contributed by atoms with Gasteiger partial charge in [0.05, 0.1) is 11.8 Å². The number of nitrogens with zero attached hydrogens (tertiary/aromatic N) is 1. The molecule has 0 aromatic heterocycles. The van der Waals surface area contributed by atoms with Crippen LogP contribution in [0.3, 0.4) is 0 Å². The summed E-state index contributed by atoms with van der Waals surface area (Å²) in [7, 11) is 0. The molecule has 1 aromatic rings. The second kappa shape index (κ2) is 6.71. The highest BCUT2D eigenvalue weighted by molar-refractivity contribution is 7.99. The van der Waals surface area contributed by atoms with Crippen LogP contribution in [-0.2, 0) is 4.74 Å². The van der Waals surface area contributed by atoms with E-state index in [4.69, 9.17) is 4.74 Å². The van der Waals surface area contributed by atoms with Crippen molar-refractivity contribution in [1.29, 1.82) is 0 Å². The molecule has 1 aromatic carbocycles. The zero-order valence-corrected chi connectivity index (χ0v) is 13.2. The molecule has 0 saturated carbocycles. The molecular formula is C16H22N2O2S. The van der Waals surface area contributed by atoms with Crippen molar-refractivity contribution in [3.05, 3.63) is 23.8 Å². The first-order valence-electron chi connectivity index (χ1n) is 7.69. The fourth-order valence-electron chi connectivity index (χ4n) is 2.86. The molecule has 0 aliphatic carbocycles. The first-order valence-corrected chi connectivity index (χ1v) is 8.68. The molecule has 1 unspecified atom stereocenters. The van der Waals surface area contributed by atoms with Crippen molar-refractivity contribution in [3.63, 3.8) is 0 Å². The molecule has 3 rings (SSSR count). The van der Waals surface area contributed by atoms with Gasteiger partial charge in [0.25, 0.3) is 5.91 Å². The smallest absolute Gasteiger partial charge is 0.251 e. The summed E-state index contributed by atoms with van der Waals surface area (Å²) < 4.78 is 5.54. The van der Waals surface area contributed by atoms with Gasteiger partial charge >= 0.3 is 0 Å². The van der Waals surface area contributed by atoms with Gasteiger partial charge in [0.2, 0.25) is 0 Å². The quantitative estimate of drug-likeness (QED) is 0.928. The average molecular weight is 306 g/mol. The molecule has 1 amide bonds. The average Bonchev–Trinajstić information content (AvgIpc) is 3.05. The van der Waals surface area contributed by atoms with Crippen LogP contribution in [0.25, 0.3) is 0 Å². The Morgan fingerprint density at radius 3 is 3.19 bits per heavy atom. The van der Waals surface area contributed by atoms with E-state index >= 15 is 0 Å². The van der Waals surface area contributed by atoms with Crippen molar-refractivity contribution in [2.24, 2.45) is 0 Å². The van der Waals surface area contributed by atoms with Gasteiger partial charge in [-0.1, -0.05) is 0 Å². The van der Waals surface area contributed by atoms with Gasteiger partial charge in [-0.15, -0.1) is 11.8 Å². The van der Waals surface area contributed by atoms with E-state index < -0.39 is 0 Å². The molecule has 1 saturated heterocycles. The molecule has 2 heterocycles. The lowest BCUT2D eigenvalue weighted by Gasteiger charge is -2.30. The number of benzene rings is 1. The summed E-state index contributed by atoms with van der Waals surface area (Å²) in [5.74, 6) is 1.12. The van der Waals surface area contributed by atoms with Gasteiger partial charge in [0.15, 0.2) is 0 Å². The monoisotopic (exact) mass is 306 g/mol. The van der Waals surface area contributed by atoms with Gasteiger partial charge in [-0.2, -0.15) is 0 Å². The highest BCUT2D eigenvalue weighted by Crippen LogP contribution is 2.35. The van der Waals surface area contributed by atoms with E-state index in [1.165, 1.54) is 10.6 Å². The molecule has 2 aliphatic heterocycles. The summed E-state index contributed by atoms with van der Waals surface area (Å²) in [6.45, 7) is 5.62. The number of thioether (sulfide) groups is 1. The third-order valence-corrected chi connectivity index (χ3v) is 5.12.